The van der Waals surface area contributed by atoms with Crippen LogP contribution in [0.1, 0.15) is 152 Å². The third-order valence-electron chi connectivity index (χ3n) is 19.4. The van der Waals surface area contributed by atoms with Crippen molar-refractivity contribution in [2.24, 2.45) is 17.4 Å². The van der Waals surface area contributed by atoms with Crippen LogP contribution in [-0.4, -0.2) is 274 Å². The van der Waals surface area contributed by atoms with E-state index in [2.05, 4.69) is 70.1 Å². The van der Waals surface area contributed by atoms with Crippen molar-refractivity contribution >= 4 is 141 Å². The maximum absolute atomic E-state index is 14.8. The number of aromatic amines is 1. The zero-order chi connectivity index (χ0) is 94.9. The number of primary amides is 1. The quantitative estimate of drug-likeness (QED) is 0.00497. The van der Waals surface area contributed by atoms with Crippen LogP contribution in [-0.2, 0) is 109 Å². The van der Waals surface area contributed by atoms with Gasteiger partial charge in [-0.3, -0.25) is 91.1 Å². The number of para-hydroxylation sites is 2. The molecule has 49 heteroatoms. The first kappa shape index (κ1) is 105. The van der Waals surface area contributed by atoms with Crippen molar-refractivity contribution in [1.29, 1.82) is 0 Å². The van der Waals surface area contributed by atoms with E-state index in [1.165, 1.54) is 35.0 Å². The van der Waals surface area contributed by atoms with Crippen LogP contribution >= 0.6 is 0 Å². The second-order valence-corrected chi connectivity index (χ2v) is 29.5. The Morgan fingerprint density at radius 1 is 0.614 bits per heavy atom. The van der Waals surface area contributed by atoms with Crippen molar-refractivity contribution in [2.75, 3.05) is 38.6 Å². The molecule has 1 aliphatic rings. The topological polar surface area (TPSA) is 783 Å². The van der Waals surface area contributed by atoms with Gasteiger partial charge in [0, 0.05) is 54.5 Å². The van der Waals surface area contributed by atoms with Crippen molar-refractivity contribution in [2.45, 2.75) is 223 Å². The summed E-state index contributed by atoms with van der Waals surface area (Å²) in [5.74, 6) is -29.3. The van der Waals surface area contributed by atoms with Crippen LogP contribution in [0.25, 0.3) is 10.9 Å². The molecule has 2 aromatic carbocycles. The number of anilines is 1. The molecule has 0 radical (unpaired) electrons. The number of carbonyl (C=O) groups is 20. The van der Waals surface area contributed by atoms with Crippen molar-refractivity contribution in [3.63, 3.8) is 0 Å². The van der Waals surface area contributed by atoms with E-state index in [9.17, 15) is 132 Å². The summed E-state index contributed by atoms with van der Waals surface area (Å²) in [5, 5.41) is 97.6. The Kier molecular flexibility index (Phi) is 44.0. The van der Waals surface area contributed by atoms with Crippen LogP contribution in [0.15, 0.2) is 60.9 Å². The van der Waals surface area contributed by atoms with Gasteiger partial charge < -0.3 is 137 Å². The van der Waals surface area contributed by atoms with Crippen LogP contribution in [0.4, 0.5) is 11.5 Å². The first-order valence-corrected chi connectivity index (χ1v) is 40.3. The number of Topliss-reactive ketones (excluding diaryl/α,β-unsaturated/α-hetero) is 1. The van der Waals surface area contributed by atoms with E-state index in [0.29, 0.717) is 35.1 Å². The second-order valence-electron chi connectivity index (χ2n) is 29.5. The third kappa shape index (κ3) is 35.9. The number of rotatable bonds is 38. The minimum Gasteiger partial charge on any atom is -0.481 e. The van der Waals surface area contributed by atoms with Gasteiger partial charge in [0.2, 0.25) is 82.7 Å². The fraction of sp³-hybridized carbons (Fsp3) is 0.526. The number of amides is 14. The highest BCUT2D eigenvalue weighted by molar-refractivity contribution is 6.05. The van der Waals surface area contributed by atoms with E-state index in [1.807, 2.05) is 16.0 Å². The molecule has 14 amide bonds. The van der Waals surface area contributed by atoms with Crippen molar-refractivity contribution < 1.29 is 136 Å². The van der Waals surface area contributed by atoms with Crippen LogP contribution in [0, 0.1) is 23.0 Å². The largest absolute Gasteiger partial charge is 0.481 e. The number of nitro groups is 1. The highest BCUT2D eigenvalue weighted by atomic mass is 16.6. The molecule has 0 aliphatic carbocycles. The van der Waals surface area contributed by atoms with E-state index >= 15 is 0 Å². The number of aliphatic carboxylic acids is 4. The Hall–Kier alpha value is -14.1. The molecular formula is C78H110N20O29. The standard InChI is InChI=1S/C72H101N17O26.C6H9N3O3/c1-5-6-7-8-9-10-11-22-53(93)81-44(25-38-31-76-42-20-15-13-17-39(38)42)66(108)84-45(27-52(75)92)67(109)86-48(30-59(102)103)68(110)89-61-37(4)115-72(114)49(26-51(91)40-18-12-14-19-41(40)74)87-71(113)60(35(2)24-56(96)97)88-69(111)50(34-90)82-55(95)32-77-63(105)46(28-57(98)99)83-62(104)36(3)79-65(107)47(29-58(100)101)85-64(106)43(21-16-23-73)80-54(94)33-78-70(61)112;1-5-7-4-6(9(11)12)8(5)2-3-10/h12-15,17-20,31,35-37,43-50,60-61,76,90H,5-11,16,21-30,32-34,73-74H2,1-4H3,(H2,75,92)(H,77,105)(H,78,112)(H,79,107)(H,80,94)(H,81,93)(H,82,95)(H,83,104)(H,84,108)(H,85,106)(H,86,109)(H,87,113)(H,88,111)(H,89,110)(H,96,97)(H,98,99)(H,100,101)(H,102,103);4,10H,2-3H2,1H3/t35-,36+,37+,43-,44-,45-,46-,47-,48-,49-,50+,60+,61+;/m0./s1. The van der Waals surface area contributed by atoms with Gasteiger partial charge in [-0.05, 0) is 74.3 Å². The minimum absolute atomic E-state index is 0.0186. The number of aryl methyl sites for hydroxylation is 1. The Morgan fingerprint density at radius 2 is 1.17 bits per heavy atom. The number of aliphatic hydroxyl groups is 2. The maximum Gasteiger partial charge on any atom is 0.342 e. The lowest BCUT2D eigenvalue weighted by Gasteiger charge is -2.30. The SMILES string of the molecule is CCCCCCCCCC(=O)N[C@@H](Cc1c[nH]c2ccccc12)C(=O)N[C@@H](CC(N)=O)C(=O)N[C@@H](CC(=O)O)C(=O)N[C@H]1C(=O)NCC(=O)N[C@@H](CCCN)C(=O)N[C@@H](CC(=O)O)C(=O)N[C@H](C)C(=O)N[C@@H](CC(=O)O)C(=O)NCC(=O)N[C@H](CO)C(=O)N[C@H]([C@@H](C)CC(=O)O)C(=O)N[C@@H](CC(=O)c2ccccc2N)C(=O)O[C@@H]1C.Cc1ncc([N+](=O)[O-])n1CCO. The first-order chi connectivity index (χ1) is 60.0. The molecule has 0 unspecified atom stereocenters. The number of carbonyl (C=O) groups excluding carboxylic acids is 16. The summed E-state index contributed by atoms with van der Waals surface area (Å²) in [6, 6.07) is -10.5. The lowest BCUT2D eigenvalue weighted by Crippen LogP contribution is -2.62. The lowest BCUT2D eigenvalue weighted by molar-refractivity contribution is -0.392. The summed E-state index contributed by atoms with van der Waals surface area (Å²) in [7, 11) is 0. The van der Waals surface area contributed by atoms with Crippen LogP contribution in [0.3, 0.4) is 0 Å². The summed E-state index contributed by atoms with van der Waals surface area (Å²) >= 11 is 0. The van der Waals surface area contributed by atoms with Gasteiger partial charge in [-0.2, -0.15) is 0 Å². The van der Waals surface area contributed by atoms with Gasteiger partial charge in [-0.15, -0.1) is 0 Å². The molecule has 4 aromatic rings. The number of carboxylic acids is 4. The number of aromatic nitrogens is 3. The molecular weight excluding hydrogens is 1680 g/mol. The molecule has 0 saturated carbocycles. The fourth-order valence-corrected chi connectivity index (χ4v) is 12.7. The molecule has 696 valence electrons. The molecule has 1 saturated heterocycles. The third-order valence-corrected chi connectivity index (χ3v) is 19.4. The summed E-state index contributed by atoms with van der Waals surface area (Å²) in [4.78, 5) is 290. The molecule has 2 aromatic heterocycles. The van der Waals surface area contributed by atoms with Crippen molar-refractivity contribution in [3.05, 3.63) is 88.0 Å². The van der Waals surface area contributed by atoms with Crippen LogP contribution in [0.5, 0.6) is 0 Å². The van der Waals surface area contributed by atoms with Crippen LogP contribution < -0.4 is 86.3 Å². The maximum atomic E-state index is 14.8. The Balaban J connectivity index is 0.00000258. The zero-order valence-electron chi connectivity index (χ0n) is 70.2. The number of imidazole rings is 1. The average molecular weight is 1790 g/mol. The smallest absolute Gasteiger partial charge is 0.342 e. The van der Waals surface area contributed by atoms with Gasteiger partial charge in [0.05, 0.1) is 58.4 Å². The number of esters is 1. The van der Waals surface area contributed by atoms with Gasteiger partial charge in [-0.1, -0.05) is 82.7 Å². The average Bonchev–Trinajstić information content (AvgIpc) is 1.76. The molecule has 1 fully saturated rings. The molecule has 0 bridgehead atoms. The van der Waals surface area contributed by atoms with Gasteiger partial charge in [0.15, 0.2) is 11.6 Å². The molecule has 0 spiro atoms. The number of unbranched alkanes of at least 4 members (excludes halogenated alkanes) is 6. The van der Waals surface area contributed by atoms with Gasteiger partial charge in [0.25, 0.3) is 0 Å². The normalized spacial score (nSPS) is 20.1. The number of cyclic esters (lactones) is 1. The predicted molar refractivity (Wildman–Crippen MR) is 441 cm³/mol. The number of nitrogen functional groups attached to an aromatic ring is 1. The lowest BCUT2D eigenvalue weighted by atomic mass is 9.96. The molecule has 26 N–H and O–H groups in total. The molecule has 13 atom stereocenters. The monoisotopic (exact) mass is 1790 g/mol. The summed E-state index contributed by atoms with van der Waals surface area (Å²) in [6.07, 6.45) is -1.15. The van der Waals surface area contributed by atoms with Crippen molar-refractivity contribution in [3.8, 4) is 0 Å². The van der Waals surface area contributed by atoms with Crippen LogP contribution in [0.2, 0.25) is 0 Å². The Labute approximate surface area is 724 Å². The number of ether oxygens (including phenoxy) is 1. The molecule has 49 nitrogen and oxygen atoms in total. The minimum atomic E-state index is -2.45. The number of hydrogen-bond acceptors (Lipinski definition) is 28. The fourth-order valence-electron chi connectivity index (χ4n) is 12.7. The van der Waals surface area contributed by atoms with E-state index in [-0.39, 0.29) is 56.0 Å². The number of ketones is 1. The summed E-state index contributed by atoms with van der Waals surface area (Å²) in [6.45, 7) is 2.85. The summed E-state index contributed by atoms with van der Waals surface area (Å²) < 4.78 is 7.04. The predicted octanol–water partition coefficient (Wildman–Crippen LogP) is -5.53. The zero-order valence-corrected chi connectivity index (χ0v) is 70.2. The van der Waals surface area contributed by atoms with Gasteiger partial charge in [0.1, 0.15) is 85.3 Å². The van der Waals surface area contributed by atoms with Gasteiger partial charge >= 0.3 is 35.7 Å². The highest BCUT2D eigenvalue weighted by Gasteiger charge is 2.41. The molecule has 3 heterocycles. The number of nitrogens with one attached hydrogen (secondary N) is 14. The number of nitrogens with zero attached hydrogens (tertiary/aromatic N) is 3. The number of benzene rings is 2. The number of aliphatic hydroxyl groups excluding tert-OH is 2. The Morgan fingerprint density at radius 3 is 1.76 bits per heavy atom. The second kappa shape index (κ2) is 53.1. The molecule has 5 rings (SSSR count). The number of hydrogen-bond donors (Lipinski definition) is 23. The van der Waals surface area contributed by atoms with Gasteiger partial charge in [-0.25, -0.2) is 14.3 Å². The number of nitrogens with two attached hydrogens (primary N) is 3. The number of H-pyrrole nitrogens is 1. The molecule has 127 heavy (non-hydrogen) atoms. The van der Waals surface area contributed by atoms with E-state index < -0.39 is 266 Å². The van der Waals surface area contributed by atoms with E-state index in [0.717, 1.165) is 52.9 Å². The molecule has 1 aliphatic heterocycles. The summed E-state index contributed by atoms with van der Waals surface area (Å²) in [5.41, 5.74) is 18.1. The first-order valence-electron chi connectivity index (χ1n) is 40.3. The van der Waals surface area contributed by atoms with E-state index in [1.54, 1.807) is 37.4 Å². The highest BCUT2D eigenvalue weighted by Crippen LogP contribution is 2.22. The Bertz CT molecular complexity index is 4610. The van der Waals surface area contributed by atoms with Crippen molar-refractivity contribution in [1.82, 2.24) is 83.7 Å². The number of carboxylic acid groups (broad SMARTS) is 4. The number of fused-ring (bicyclic) bond motifs is 1. The van der Waals surface area contributed by atoms with E-state index in [4.69, 9.17) is 27.0 Å².